The number of rotatable bonds is 4. The van der Waals surface area contributed by atoms with E-state index in [9.17, 15) is 14.7 Å². The standard InChI is InChI=1S/C16H17N3O4/c20-15(21)13-9-19(8-12(13)14-6-7-17-18-14)16(22)23-10-11-4-2-1-3-5-11/h1-7,12-13H,8-10H2,(H,17,18)(H,20,21). The molecule has 2 heterocycles. The first-order chi connectivity index (χ1) is 11.1. The van der Waals surface area contributed by atoms with Crippen LogP contribution in [0.2, 0.25) is 0 Å². The van der Waals surface area contributed by atoms with E-state index in [2.05, 4.69) is 10.2 Å². The van der Waals surface area contributed by atoms with Gasteiger partial charge in [0.1, 0.15) is 6.61 Å². The molecule has 0 bridgehead atoms. The molecule has 2 atom stereocenters. The molecule has 2 N–H and O–H groups in total. The predicted octanol–water partition coefficient (Wildman–Crippen LogP) is 1.85. The number of nitrogens with zero attached hydrogens (tertiary/aromatic N) is 2. The van der Waals surface area contributed by atoms with Crippen molar-refractivity contribution in [2.45, 2.75) is 12.5 Å². The van der Waals surface area contributed by atoms with Crippen LogP contribution in [-0.4, -0.2) is 45.4 Å². The second-order valence-corrected chi connectivity index (χ2v) is 5.51. The lowest BCUT2D eigenvalue weighted by Gasteiger charge is -2.16. The van der Waals surface area contributed by atoms with Gasteiger partial charge in [-0.2, -0.15) is 5.10 Å². The van der Waals surface area contributed by atoms with Gasteiger partial charge in [0, 0.05) is 30.9 Å². The van der Waals surface area contributed by atoms with Crippen molar-refractivity contribution >= 4 is 12.1 Å². The number of nitrogens with one attached hydrogen (secondary N) is 1. The maximum absolute atomic E-state index is 12.2. The van der Waals surface area contributed by atoms with Crippen LogP contribution < -0.4 is 0 Å². The van der Waals surface area contributed by atoms with Crippen molar-refractivity contribution in [3.05, 3.63) is 53.9 Å². The number of carbonyl (C=O) groups excluding carboxylic acids is 1. The highest BCUT2D eigenvalue weighted by molar-refractivity contribution is 5.75. The molecule has 7 nitrogen and oxygen atoms in total. The molecule has 1 fully saturated rings. The van der Waals surface area contributed by atoms with E-state index in [-0.39, 0.29) is 19.1 Å². The number of carboxylic acids is 1. The highest BCUT2D eigenvalue weighted by Crippen LogP contribution is 2.32. The van der Waals surface area contributed by atoms with E-state index in [1.54, 1.807) is 12.3 Å². The Morgan fingerprint density at radius 2 is 2.04 bits per heavy atom. The summed E-state index contributed by atoms with van der Waals surface area (Å²) in [7, 11) is 0. The minimum absolute atomic E-state index is 0.132. The number of hydrogen-bond donors (Lipinski definition) is 2. The van der Waals surface area contributed by atoms with Crippen LogP contribution in [0, 0.1) is 5.92 Å². The molecule has 3 rings (SSSR count). The minimum Gasteiger partial charge on any atom is -0.481 e. The lowest BCUT2D eigenvalue weighted by atomic mass is 9.93. The van der Waals surface area contributed by atoms with Gasteiger partial charge >= 0.3 is 12.1 Å². The van der Waals surface area contributed by atoms with Crippen LogP contribution in [-0.2, 0) is 16.1 Å². The summed E-state index contributed by atoms with van der Waals surface area (Å²) in [4.78, 5) is 25.1. The zero-order chi connectivity index (χ0) is 16.2. The van der Waals surface area contributed by atoms with Crippen LogP contribution >= 0.6 is 0 Å². The number of ether oxygens (including phenoxy) is 1. The fourth-order valence-corrected chi connectivity index (χ4v) is 2.80. The quantitative estimate of drug-likeness (QED) is 0.897. The summed E-state index contributed by atoms with van der Waals surface area (Å²) in [6.45, 7) is 0.599. The average molecular weight is 315 g/mol. The number of amides is 1. The van der Waals surface area contributed by atoms with Crippen molar-refractivity contribution in [3.8, 4) is 0 Å². The molecule has 2 aromatic rings. The Balaban J connectivity index is 1.64. The fourth-order valence-electron chi connectivity index (χ4n) is 2.80. The van der Waals surface area contributed by atoms with E-state index in [1.807, 2.05) is 30.3 Å². The third-order valence-corrected chi connectivity index (χ3v) is 4.02. The first-order valence-electron chi connectivity index (χ1n) is 7.33. The predicted molar refractivity (Wildman–Crippen MR) is 80.7 cm³/mol. The maximum Gasteiger partial charge on any atom is 0.410 e. The van der Waals surface area contributed by atoms with E-state index >= 15 is 0 Å². The normalized spacial score (nSPS) is 20.4. The van der Waals surface area contributed by atoms with Crippen LogP contribution in [0.25, 0.3) is 0 Å². The Bertz CT molecular complexity index is 672. The average Bonchev–Trinajstić information content (AvgIpc) is 3.22. The topological polar surface area (TPSA) is 95.5 Å². The Morgan fingerprint density at radius 1 is 1.26 bits per heavy atom. The lowest BCUT2D eigenvalue weighted by molar-refractivity contribution is -0.141. The van der Waals surface area contributed by atoms with Crippen molar-refractivity contribution in [1.29, 1.82) is 0 Å². The zero-order valence-electron chi connectivity index (χ0n) is 12.4. The number of H-pyrrole nitrogens is 1. The van der Waals surface area contributed by atoms with E-state index in [0.29, 0.717) is 6.54 Å². The van der Waals surface area contributed by atoms with Crippen LogP contribution in [0.4, 0.5) is 4.79 Å². The fraction of sp³-hybridized carbons (Fsp3) is 0.312. The summed E-state index contributed by atoms with van der Waals surface area (Å²) < 4.78 is 5.27. The van der Waals surface area contributed by atoms with Crippen LogP contribution in [0.15, 0.2) is 42.6 Å². The van der Waals surface area contributed by atoms with Gasteiger partial charge in [-0.15, -0.1) is 0 Å². The Morgan fingerprint density at radius 3 is 2.70 bits per heavy atom. The van der Waals surface area contributed by atoms with E-state index in [0.717, 1.165) is 11.3 Å². The highest BCUT2D eigenvalue weighted by Gasteiger charge is 2.41. The van der Waals surface area contributed by atoms with Gasteiger partial charge in [-0.1, -0.05) is 30.3 Å². The molecule has 1 aliphatic heterocycles. The van der Waals surface area contributed by atoms with E-state index in [1.165, 1.54) is 4.90 Å². The smallest absolute Gasteiger partial charge is 0.410 e. The van der Waals surface area contributed by atoms with Gasteiger partial charge in [0.25, 0.3) is 0 Å². The molecule has 120 valence electrons. The minimum atomic E-state index is -0.928. The number of hydrogen-bond acceptors (Lipinski definition) is 4. The Hall–Kier alpha value is -2.83. The summed E-state index contributed by atoms with van der Waals surface area (Å²) in [6, 6.07) is 11.1. The van der Waals surface area contributed by atoms with Gasteiger partial charge in [0.2, 0.25) is 0 Å². The number of benzene rings is 1. The number of aromatic nitrogens is 2. The summed E-state index contributed by atoms with van der Waals surface area (Å²) in [5, 5.41) is 16.0. The van der Waals surface area contributed by atoms with Crippen molar-refractivity contribution in [2.75, 3.05) is 13.1 Å². The molecule has 0 spiro atoms. The van der Waals surface area contributed by atoms with Crippen molar-refractivity contribution in [3.63, 3.8) is 0 Å². The summed E-state index contributed by atoms with van der Waals surface area (Å²) in [6.07, 6.45) is 1.08. The largest absolute Gasteiger partial charge is 0.481 e. The highest BCUT2D eigenvalue weighted by atomic mass is 16.6. The van der Waals surface area contributed by atoms with Crippen LogP contribution in [0.1, 0.15) is 17.2 Å². The summed E-state index contributed by atoms with van der Waals surface area (Å²) in [5.41, 5.74) is 1.61. The summed E-state index contributed by atoms with van der Waals surface area (Å²) in [5.74, 6) is -1.90. The molecule has 1 aromatic heterocycles. The number of aromatic amines is 1. The molecule has 23 heavy (non-hydrogen) atoms. The van der Waals surface area contributed by atoms with E-state index < -0.39 is 18.0 Å². The van der Waals surface area contributed by atoms with Crippen molar-refractivity contribution in [2.24, 2.45) is 5.92 Å². The molecule has 1 aliphatic rings. The van der Waals surface area contributed by atoms with Gasteiger partial charge in [-0.05, 0) is 11.6 Å². The SMILES string of the molecule is O=C(O)C1CN(C(=O)OCc2ccccc2)CC1c1ccn[nH]1. The van der Waals surface area contributed by atoms with Gasteiger partial charge in [-0.25, -0.2) is 4.79 Å². The van der Waals surface area contributed by atoms with Crippen molar-refractivity contribution in [1.82, 2.24) is 15.1 Å². The van der Waals surface area contributed by atoms with Gasteiger partial charge in [-0.3, -0.25) is 9.89 Å². The summed E-state index contributed by atoms with van der Waals surface area (Å²) >= 11 is 0. The third-order valence-electron chi connectivity index (χ3n) is 4.02. The Kier molecular flexibility index (Phi) is 4.27. The Labute approximate surface area is 132 Å². The molecule has 0 aliphatic carbocycles. The van der Waals surface area contributed by atoms with Crippen molar-refractivity contribution < 1.29 is 19.4 Å². The maximum atomic E-state index is 12.2. The second kappa shape index (κ2) is 6.51. The van der Waals surface area contributed by atoms with Crippen LogP contribution in [0.5, 0.6) is 0 Å². The molecule has 1 amide bonds. The molecule has 0 saturated carbocycles. The zero-order valence-corrected chi connectivity index (χ0v) is 12.4. The monoisotopic (exact) mass is 315 g/mol. The number of carboxylic acid groups (broad SMARTS) is 1. The molecule has 1 saturated heterocycles. The van der Waals surface area contributed by atoms with E-state index in [4.69, 9.17) is 4.74 Å². The first-order valence-corrected chi connectivity index (χ1v) is 7.33. The number of likely N-dealkylation sites (tertiary alicyclic amines) is 1. The van der Waals surface area contributed by atoms with Gasteiger partial charge in [0.05, 0.1) is 5.92 Å². The van der Waals surface area contributed by atoms with Gasteiger partial charge in [0.15, 0.2) is 0 Å². The number of aliphatic carboxylic acids is 1. The first kappa shape index (κ1) is 15.1. The number of carbonyl (C=O) groups is 2. The van der Waals surface area contributed by atoms with Gasteiger partial charge < -0.3 is 14.7 Å². The second-order valence-electron chi connectivity index (χ2n) is 5.51. The molecule has 0 radical (unpaired) electrons. The molecule has 2 unspecified atom stereocenters. The lowest BCUT2D eigenvalue weighted by Crippen LogP contribution is -2.30. The molecule has 7 heteroatoms. The third kappa shape index (κ3) is 3.33. The molecule has 1 aromatic carbocycles. The molecular formula is C16H17N3O4. The van der Waals surface area contributed by atoms with Crippen LogP contribution in [0.3, 0.4) is 0 Å². The molecular weight excluding hydrogens is 298 g/mol.